The first-order chi connectivity index (χ1) is 15.2. The molecule has 3 rings (SSSR count). The number of methoxy groups -OCH3 is 1. The highest BCUT2D eigenvalue weighted by molar-refractivity contribution is 6.09. The summed E-state index contributed by atoms with van der Waals surface area (Å²) >= 11 is 0. The molecule has 0 saturated carbocycles. The van der Waals surface area contributed by atoms with Gasteiger partial charge in [0.2, 0.25) is 0 Å². The van der Waals surface area contributed by atoms with Crippen molar-refractivity contribution >= 4 is 17.7 Å². The fourth-order valence-corrected chi connectivity index (χ4v) is 3.39. The van der Waals surface area contributed by atoms with Gasteiger partial charge < -0.3 is 14.6 Å². The van der Waals surface area contributed by atoms with Crippen LogP contribution in [0.25, 0.3) is 11.8 Å². The maximum Gasteiger partial charge on any atom is 0.418 e. The third-order valence-electron chi connectivity index (χ3n) is 4.93. The molecule has 5 nitrogen and oxygen atoms in total. The molecule has 0 aliphatic heterocycles. The van der Waals surface area contributed by atoms with Crippen LogP contribution in [0.5, 0.6) is 5.75 Å². The molecule has 1 N–H and O–H groups in total. The lowest BCUT2D eigenvalue weighted by atomic mass is 10.1. The van der Waals surface area contributed by atoms with Gasteiger partial charge in [0.15, 0.2) is 0 Å². The zero-order chi connectivity index (χ0) is 23.5. The van der Waals surface area contributed by atoms with E-state index in [-0.39, 0.29) is 11.3 Å². The Labute approximate surface area is 183 Å². The number of ether oxygens (including phenoxy) is 1. The average molecular weight is 439 g/mol. The Bertz CT molecular complexity index is 1220. The van der Waals surface area contributed by atoms with Gasteiger partial charge in [0.1, 0.15) is 17.4 Å². The third kappa shape index (κ3) is 4.67. The van der Waals surface area contributed by atoms with Crippen LogP contribution in [0.1, 0.15) is 22.5 Å². The van der Waals surface area contributed by atoms with E-state index in [1.54, 1.807) is 44.2 Å². The largest absolute Gasteiger partial charge is 0.497 e. The molecule has 0 bridgehead atoms. The summed E-state index contributed by atoms with van der Waals surface area (Å²) in [6.45, 7) is 3.31. The molecule has 2 aromatic carbocycles. The van der Waals surface area contributed by atoms with E-state index in [2.05, 4.69) is 5.32 Å². The van der Waals surface area contributed by atoms with Crippen LogP contribution >= 0.6 is 0 Å². The highest BCUT2D eigenvalue weighted by atomic mass is 19.4. The molecule has 164 valence electrons. The number of para-hydroxylation sites is 1. The smallest absolute Gasteiger partial charge is 0.418 e. The van der Waals surface area contributed by atoms with E-state index in [0.717, 1.165) is 6.07 Å². The Kier molecular flexibility index (Phi) is 6.40. The summed E-state index contributed by atoms with van der Waals surface area (Å²) in [5.41, 5.74) is 1.00. The van der Waals surface area contributed by atoms with Crippen molar-refractivity contribution in [3.05, 3.63) is 82.7 Å². The van der Waals surface area contributed by atoms with E-state index in [4.69, 9.17) is 4.74 Å². The van der Waals surface area contributed by atoms with Gasteiger partial charge in [-0.15, -0.1) is 0 Å². The number of anilines is 1. The summed E-state index contributed by atoms with van der Waals surface area (Å²) in [7, 11) is 1.52. The minimum absolute atomic E-state index is 0.0177. The van der Waals surface area contributed by atoms with Gasteiger partial charge in [0.25, 0.3) is 5.91 Å². The minimum atomic E-state index is -4.52. The second kappa shape index (κ2) is 9.02. The highest BCUT2D eigenvalue weighted by Gasteiger charge is 2.34. The lowest BCUT2D eigenvalue weighted by Crippen LogP contribution is -2.13. The highest BCUT2D eigenvalue weighted by Crippen LogP contribution is 2.35. The first kappa shape index (κ1) is 22.7. The molecule has 0 spiro atoms. The Balaban J connectivity index is 1.97. The molecular weight excluding hydrogens is 419 g/mol. The number of hydrogen-bond donors (Lipinski definition) is 1. The second-order valence-electron chi connectivity index (χ2n) is 7.03. The number of aromatic nitrogens is 1. The van der Waals surface area contributed by atoms with Gasteiger partial charge in [0, 0.05) is 17.1 Å². The predicted molar refractivity (Wildman–Crippen MR) is 115 cm³/mol. The number of aryl methyl sites for hydroxylation is 1. The normalized spacial score (nSPS) is 11.7. The molecule has 1 heterocycles. The van der Waals surface area contributed by atoms with Crippen molar-refractivity contribution in [1.29, 1.82) is 5.26 Å². The predicted octanol–water partition coefficient (Wildman–Crippen LogP) is 5.67. The van der Waals surface area contributed by atoms with Crippen molar-refractivity contribution in [3.8, 4) is 17.5 Å². The Morgan fingerprint density at radius 2 is 1.78 bits per heavy atom. The van der Waals surface area contributed by atoms with Crippen LogP contribution in [0.4, 0.5) is 18.9 Å². The van der Waals surface area contributed by atoms with Gasteiger partial charge in [-0.3, -0.25) is 4.79 Å². The lowest BCUT2D eigenvalue weighted by Gasteiger charge is -2.16. The Hall–Kier alpha value is -3.99. The molecule has 1 amide bonds. The summed E-state index contributed by atoms with van der Waals surface area (Å²) in [6, 6.07) is 15.4. The lowest BCUT2D eigenvalue weighted by molar-refractivity contribution is -0.137. The number of carbonyl (C=O) groups excluding carboxylic acids is 1. The number of nitrogens with one attached hydrogen (secondary N) is 1. The van der Waals surface area contributed by atoms with Crippen molar-refractivity contribution in [2.45, 2.75) is 20.0 Å². The molecule has 0 aliphatic carbocycles. The van der Waals surface area contributed by atoms with E-state index >= 15 is 0 Å². The summed E-state index contributed by atoms with van der Waals surface area (Å²) in [4.78, 5) is 12.6. The van der Waals surface area contributed by atoms with Crippen molar-refractivity contribution in [1.82, 2.24) is 4.57 Å². The van der Waals surface area contributed by atoms with E-state index in [1.165, 1.54) is 36.0 Å². The number of nitriles is 1. The number of benzene rings is 2. The number of alkyl halides is 3. The van der Waals surface area contributed by atoms with Crippen molar-refractivity contribution < 1.29 is 22.7 Å². The maximum atomic E-state index is 13.5. The first-order valence-corrected chi connectivity index (χ1v) is 9.58. The summed E-state index contributed by atoms with van der Waals surface area (Å²) in [5, 5.41) is 12.1. The minimum Gasteiger partial charge on any atom is -0.497 e. The van der Waals surface area contributed by atoms with Crippen LogP contribution in [-0.2, 0) is 11.0 Å². The SMILES string of the molecule is COc1ccc(NC(=O)/C(C#N)=C\c2cc(C)n(-c3ccccc3C(F)(F)F)c2C)cc1. The van der Waals surface area contributed by atoms with Crippen LogP contribution in [-0.4, -0.2) is 17.6 Å². The van der Waals surface area contributed by atoms with Gasteiger partial charge in [-0.05, 0) is 68.0 Å². The van der Waals surface area contributed by atoms with Crippen LogP contribution in [0.15, 0.2) is 60.2 Å². The molecule has 0 aliphatic rings. The number of rotatable bonds is 5. The molecule has 0 fully saturated rings. The van der Waals surface area contributed by atoms with Crippen LogP contribution in [0, 0.1) is 25.2 Å². The van der Waals surface area contributed by atoms with E-state index < -0.39 is 17.6 Å². The monoisotopic (exact) mass is 439 g/mol. The molecule has 8 heteroatoms. The first-order valence-electron chi connectivity index (χ1n) is 9.58. The van der Waals surface area contributed by atoms with Gasteiger partial charge in [0.05, 0.1) is 18.4 Å². The number of carbonyl (C=O) groups is 1. The third-order valence-corrected chi connectivity index (χ3v) is 4.93. The number of amides is 1. The van der Waals surface area contributed by atoms with Crippen molar-refractivity contribution in [3.63, 3.8) is 0 Å². The molecule has 32 heavy (non-hydrogen) atoms. The van der Waals surface area contributed by atoms with Gasteiger partial charge >= 0.3 is 6.18 Å². The maximum absolute atomic E-state index is 13.5. The Morgan fingerprint density at radius 1 is 1.12 bits per heavy atom. The zero-order valence-corrected chi connectivity index (χ0v) is 17.6. The fraction of sp³-hybridized carbons (Fsp3) is 0.167. The Morgan fingerprint density at radius 3 is 2.38 bits per heavy atom. The second-order valence-corrected chi connectivity index (χ2v) is 7.03. The number of nitrogens with zero attached hydrogens (tertiary/aromatic N) is 2. The number of halogens is 3. The summed E-state index contributed by atoms with van der Waals surface area (Å²) in [5.74, 6) is -0.0104. The van der Waals surface area contributed by atoms with Crippen LogP contribution in [0.2, 0.25) is 0 Å². The van der Waals surface area contributed by atoms with Crippen LogP contribution in [0.3, 0.4) is 0 Å². The number of hydrogen-bond acceptors (Lipinski definition) is 3. The zero-order valence-electron chi connectivity index (χ0n) is 17.6. The van der Waals surface area contributed by atoms with Gasteiger partial charge in [-0.2, -0.15) is 18.4 Å². The molecule has 0 saturated heterocycles. The molecule has 0 radical (unpaired) electrons. The molecule has 3 aromatic rings. The average Bonchev–Trinajstić information content (AvgIpc) is 3.04. The standard InChI is InChI=1S/C24H20F3N3O2/c1-15-12-17(16(2)30(15)22-7-5-4-6-21(22)24(25,26)27)13-18(14-28)23(31)29-19-8-10-20(32-3)11-9-19/h4-13H,1-3H3,(H,29,31)/b18-13-. The molecular formula is C24H20F3N3O2. The quantitative estimate of drug-likeness (QED) is 0.412. The molecule has 0 unspecified atom stereocenters. The molecule has 0 atom stereocenters. The van der Waals surface area contributed by atoms with Crippen molar-refractivity contribution in [2.24, 2.45) is 0 Å². The van der Waals surface area contributed by atoms with Gasteiger partial charge in [-0.1, -0.05) is 12.1 Å². The van der Waals surface area contributed by atoms with Crippen molar-refractivity contribution in [2.75, 3.05) is 12.4 Å². The fourth-order valence-electron chi connectivity index (χ4n) is 3.39. The summed E-state index contributed by atoms with van der Waals surface area (Å²) < 4.78 is 47.0. The van der Waals surface area contributed by atoms with E-state index in [9.17, 15) is 23.2 Å². The topological polar surface area (TPSA) is 67.0 Å². The van der Waals surface area contributed by atoms with E-state index in [0.29, 0.717) is 28.4 Å². The molecule has 1 aromatic heterocycles. The van der Waals surface area contributed by atoms with Crippen LogP contribution < -0.4 is 10.1 Å². The van der Waals surface area contributed by atoms with E-state index in [1.807, 2.05) is 6.07 Å². The van der Waals surface area contributed by atoms with Gasteiger partial charge in [-0.25, -0.2) is 0 Å². The summed E-state index contributed by atoms with van der Waals surface area (Å²) in [6.07, 6.45) is -3.15.